The summed E-state index contributed by atoms with van der Waals surface area (Å²) in [6, 6.07) is 1.64. The fourth-order valence-electron chi connectivity index (χ4n) is 2.84. The Kier molecular flexibility index (Phi) is 4.87. The molecule has 0 saturated carbocycles. The molecule has 25 heavy (non-hydrogen) atoms. The summed E-state index contributed by atoms with van der Waals surface area (Å²) in [4.78, 5) is 30.5. The fraction of sp³-hybridized carbons (Fsp3) is 0.500. The Morgan fingerprint density at radius 1 is 1.48 bits per heavy atom. The predicted molar refractivity (Wildman–Crippen MR) is 92.8 cm³/mol. The summed E-state index contributed by atoms with van der Waals surface area (Å²) in [7, 11) is 0. The number of anilines is 1. The molecular formula is C18H23N3O4. The number of rotatable bonds is 2. The highest BCUT2D eigenvalue weighted by atomic mass is 16.6. The zero-order valence-corrected chi connectivity index (χ0v) is 14.7. The standard InChI is InChI=1S/C18H23N3O4/c1-18(2,3)25-15(22)5-4-12-8-13-10-21-6-7-24-11-14(21)17(23)20-16(13)19-9-12/h4-5,8-9,14H,6-7,10-11H2,1-3H3,(H,19,20,23)/b5-4+. The van der Waals surface area contributed by atoms with Gasteiger partial charge >= 0.3 is 5.97 Å². The highest BCUT2D eigenvalue weighted by molar-refractivity contribution is 5.95. The number of nitrogens with zero attached hydrogens (tertiary/aromatic N) is 2. The van der Waals surface area contributed by atoms with E-state index in [4.69, 9.17) is 9.47 Å². The third kappa shape index (κ3) is 4.43. The molecule has 0 bridgehead atoms. The minimum Gasteiger partial charge on any atom is -0.457 e. The van der Waals surface area contributed by atoms with Crippen LogP contribution in [0.5, 0.6) is 0 Å². The lowest BCUT2D eigenvalue weighted by molar-refractivity contribution is -0.148. The Labute approximate surface area is 147 Å². The summed E-state index contributed by atoms with van der Waals surface area (Å²) in [6.07, 6.45) is 4.69. The van der Waals surface area contributed by atoms with E-state index in [9.17, 15) is 9.59 Å². The Morgan fingerprint density at radius 2 is 2.28 bits per heavy atom. The van der Waals surface area contributed by atoms with Crippen LogP contribution >= 0.6 is 0 Å². The van der Waals surface area contributed by atoms with Gasteiger partial charge in [0.15, 0.2) is 0 Å². The van der Waals surface area contributed by atoms with Crippen LogP contribution in [0.25, 0.3) is 6.08 Å². The van der Waals surface area contributed by atoms with Gasteiger partial charge in [-0.15, -0.1) is 0 Å². The average Bonchev–Trinajstić information content (AvgIpc) is 2.67. The number of morpholine rings is 1. The molecule has 1 atom stereocenters. The van der Waals surface area contributed by atoms with E-state index in [-0.39, 0.29) is 11.9 Å². The Hall–Kier alpha value is -2.25. The summed E-state index contributed by atoms with van der Waals surface area (Å²) in [5.74, 6) is 0.0702. The fourth-order valence-corrected chi connectivity index (χ4v) is 2.84. The lowest BCUT2D eigenvalue weighted by atomic mass is 10.1. The Bertz CT molecular complexity index is 709. The summed E-state index contributed by atoms with van der Waals surface area (Å²) in [5.41, 5.74) is 1.18. The van der Waals surface area contributed by atoms with Crippen molar-refractivity contribution in [2.45, 2.75) is 39.0 Å². The van der Waals surface area contributed by atoms with Gasteiger partial charge in [0.05, 0.1) is 13.2 Å². The third-order valence-corrected chi connectivity index (χ3v) is 3.96. The molecule has 0 radical (unpaired) electrons. The van der Waals surface area contributed by atoms with Crippen LogP contribution in [0.15, 0.2) is 18.3 Å². The van der Waals surface area contributed by atoms with Crippen molar-refractivity contribution in [2.75, 3.05) is 25.1 Å². The van der Waals surface area contributed by atoms with E-state index in [1.165, 1.54) is 6.08 Å². The van der Waals surface area contributed by atoms with Crippen LogP contribution in [0.3, 0.4) is 0 Å². The van der Waals surface area contributed by atoms with E-state index < -0.39 is 11.6 Å². The van der Waals surface area contributed by atoms with Gasteiger partial charge in [-0.3, -0.25) is 9.69 Å². The molecule has 2 aliphatic rings. The van der Waals surface area contributed by atoms with Crippen LogP contribution in [0.2, 0.25) is 0 Å². The van der Waals surface area contributed by atoms with E-state index in [1.807, 2.05) is 26.8 Å². The number of ether oxygens (including phenoxy) is 2. The average molecular weight is 345 g/mol. The number of esters is 1. The number of aromatic nitrogens is 1. The van der Waals surface area contributed by atoms with Crippen molar-refractivity contribution in [3.05, 3.63) is 29.5 Å². The number of hydrogen-bond donors (Lipinski definition) is 1. The van der Waals surface area contributed by atoms with Gasteiger partial charge in [0.25, 0.3) is 0 Å². The quantitative estimate of drug-likeness (QED) is 0.648. The molecule has 1 N–H and O–H groups in total. The molecule has 3 heterocycles. The van der Waals surface area contributed by atoms with Gasteiger partial charge in [0, 0.05) is 30.9 Å². The van der Waals surface area contributed by atoms with Gasteiger partial charge in [-0.2, -0.15) is 0 Å². The lowest BCUT2D eigenvalue weighted by Crippen LogP contribution is -2.49. The molecule has 1 saturated heterocycles. The van der Waals surface area contributed by atoms with Gasteiger partial charge in [-0.25, -0.2) is 9.78 Å². The lowest BCUT2D eigenvalue weighted by Gasteiger charge is -2.32. The molecule has 134 valence electrons. The van der Waals surface area contributed by atoms with Crippen molar-refractivity contribution >= 4 is 23.8 Å². The number of carbonyl (C=O) groups excluding carboxylic acids is 2. The van der Waals surface area contributed by atoms with Crippen LogP contribution in [0.4, 0.5) is 5.82 Å². The van der Waals surface area contributed by atoms with E-state index in [2.05, 4.69) is 15.2 Å². The molecule has 3 rings (SSSR count). The molecule has 1 unspecified atom stereocenters. The SMILES string of the molecule is CC(C)(C)OC(=O)/C=C/c1cnc2c(c1)CN1CCOCC1C(=O)N2. The van der Waals surface area contributed by atoms with Gasteiger partial charge in [-0.1, -0.05) is 0 Å². The van der Waals surface area contributed by atoms with Gasteiger partial charge in [-0.05, 0) is 38.5 Å². The number of carbonyl (C=O) groups is 2. The highest BCUT2D eigenvalue weighted by Crippen LogP contribution is 2.24. The summed E-state index contributed by atoms with van der Waals surface area (Å²) >= 11 is 0. The summed E-state index contributed by atoms with van der Waals surface area (Å²) in [6.45, 7) is 7.80. The molecular weight excluding hydrogens is 322 g/mol. The van der Waals surface area contributed by atoms with Crippen molar-refractivity contribution < 1.29 is 19.1 Å². The van der Waals surface area contributed by atoms with Crippen LogP contribution in [0, 0.1) is 0 Å². The molecule has 2 aliphatic heterocycles. The molecule has 7 heteroatoms. The van der Waals surface area contributed by atoms with Crippen molar-refractivity contribution in [1.29, 1.82) is 0 Å². The van der Waals surface area contributed by atoms with Crippen LogP contribution in [-0.4, -0.2) is 53.2 Å². The minimum atomic E-state index is -0.525. The van der Waals surface area contributed by atoms with Crippen molar-refractivity contribution in [3.63, 3.8) is 0 Å². The first-order valence-electron chi connectivity index (χ1n) is 8.34. The number of hydrogen-bond acceptors (Lipinski definition) is 6. The van der Waals surface area contributed by atoms with Crippen LogP contribution < -0.4 is 5.32 Å². The molecule has 1 amide bonds. The third-order valence-electron chi connectivity index (χ3n) is 3.96. The Morgan fingerprint density at radius 3 is 3.04 bits per heavy atom. The maximum atomic E-state index is 12.3. The monoisotopic (exact) mass is 345 g/mol. The number of nitrogens with one attached hydrogen (secondary N) is 1. The van der Waals surface area contributed by atoms with E-state index in [1.54, 1.807) is 12.3 Å². The number of fused-ring (bicyclic) bond motifs is 2. The normalized spacial score (nSPS) is 21.2. The smallest absolute Gasteiger partial charge is 0.331 e. The van der Waals surface area contributed by atoms with Crippen molar-refractivity contribution in [1.82, 2.24) is 9.88 Å². The van der Waals surface area contributed by atoms with Crippen molar-refractivity contribution in [3.8, 4) is 0 Å². The second kappa shape index (κ2) is 6.93. The van der Waals surface area contributed by atoms with Gasteiger partial charge < -0.3 is 14.8 Å². The largest absolute Gasteiger partial charge is 0.457 e. The minimum absolute atomic E-state index is 0.0944. The summed E-state index contributed by atoms with van der Waals surface area (Å²) < 4.78 is 10.7. The zero-order valence-electron chi connectivity index (χ0n) is 14.7. The maximum absolute atomic E-state index is 12.3. The molecule has 0 aromatic carbocycles. The molecule has 7 nitrogen and oxygen atoms in total. The van der Waals surface area contributed by atoms with E-state index in [0.29, 0.717) is 32.1 Å². The van der Waals surface area contributed by atoms with Crippen molar-refractivity contribution in [2.24, 2.45) is 0 Å². The topological polar surface area (TPSA) is 80.8 Å². The molecule has 1 aromatic heterocycles. The van der Waals surface area contributed by atoms with Crippen LogP contribution in [-0.2, 0) is 25.6 Å². The first kappa shape index (κ1) is 17.6. The van der Waals surface area contributed by atoms with E-state index in [0.717, 1.165) is 11.1 Å². The summed E-state index contributed by atoms with van der Waals surface area (Å²) in [5, 5.41) is 2.86. The predicted octanol–water partition coefficient (Wildman–Crippen LogP) is 1.59. The molecule has 0 spiro atoms. The highest BCUT2D eigenvalue weighted by Gasteiger charge is 2.33. The number of amides is 1. The zero-order chi connectivity index (χ0) is 18.0. The molecule has 1 aromatic rings. The molecule has 0 aliphatic carbocycles. The Balaban J connectivity index is 1.77. The van der Waals surface area contributed by atoms with Gasteiger partial charge in [0.2, 0.25) is 5.91 Å². The second-order valence-electron chi connectivity index (χ2n) is 7.19. The molecule has 1 fully saturated rings. The maximum Gasteiger partial charge on any atom is 0.331 e. The second-order valence-corrected chi connectivity index (χ2v) is 7.19. The van der Waals surface area contributed by atoms with Crippen LogP contribution in [0.1, 0.15) is 31.9 Å². The van der Waals surface area contributed by atoms with E-state index >= 15 is 0 Å². The first-order chi connectivity index (χ1) is 11.8. The number of pyridine rings is 1. The van der Waals surface area contributed by atoms with Gasteiger partial charge in [0.1, 0.15) is 17.5 Å². The first-order valence-corrected chi connectivity index (χ1v) is 8.34.